The fraction of sp³-hybridized carbons (Fsp3) is 0.667. The van der Waals surface area contributed by atoms with Crippen LogP contribution in [0.5, 0.6) is 0 Å². The quantitative estimate of drug-likeness (QED) is 0.587. The summed E-state index contributed by atoms with van der Waals surface area (Å²) in [4.78, 5) is 14.3. The van der Waals surface area contributed by atoms with Crippen molar-refractivity contribution in [3.8, 4) is 0 Å². The predicted molar refractivity (Wildman–Crippen MR) is 68.5 cm³/mol. The Kier molecular flexibility index (Phi) is 2.61. The van der Waals surface area contributed by atoms with Crippen molar-refractivity contribution in [3.05, 3.63) is 22.8 Å². The summed E-state index contributed by atoms with van der Waals surface area (Å²) in [5, 5.41) is 0. The Morgan fingerprint density at radius 2 is 1.76 bits per heavy atom. The van der Waals surface area contributed by atoms with Crippen molar-refractivity contribution in [1.29, 1.82) is 0 Å². The van der Waals surface area contributed by atoms with Crippen LogP contribution in [0.25, 0.3) is 0 Å². The molecule has 0 fully saturated rings. The zero-order chi connectivity index (χ0) is 12.0. The minimum absolute atomic E-state index is 0.0955. The molecule has 17 heavy (non-hydrogen) atoms. The second-order valence-electron chi connectivity index (χ2n) is 5.70. The van der Waals surface area contributed by atoms with E-state index in [1.807, 2.05) is 11.9 Å². The number of carbonyl (C=O) groups is 1. The molecule has 92 valence electrons. The number of fused-ring (bicyclic) bond motifs is 1. The fourth-order valence-electron chi connectivity index (χ4n) is 3.72. The van der Waals surface area contributed by atoms with E-state index >= 15 is 0 Å². The zero-order valence-corrected chi connectivity index (χ0v) is 10.8. The molecule has 4 rings (SSSR count). The van der Waals surface area contributed by atoms with Crippen LogP contribution in [-0.2, 0) is 4.79 Å². The van der Waals surface area contributed by atoms with Crippen LogP contribution in [0.3, 0.4) is 0 Å². The highest BCUT2D eigenvalue weighted by Gasteiger charge is 2.42. The van der Waals surface area contributed by atoms with Crippen molar-refractivity contribution in [2.24, 2.45) is 5.92 Å². The Bertz CT molecular complexity index is 419. The van der Waals surface area contributed by atoms with Crippen molar-refractivity contribution in [3.63, 3.8) is 0 Å². The summed E-state index contributed by atoms with van der Waals surface area (Å²) < 4.78 is 0. The third-order valence-electron chi connectivity index (χ3n) is 4.65. The first-order valence-corrected chi connectivity index (χ1v) is 6.87. The van der Waals surface area contributed by atoms with E-state index in [0.29, 0.717) is 5.91 Å². The van der Waals surface area contributed by atoms with Gasteiger partial charge in [-0.15, -0.1) is 0 Å². The molecule has 0 aromatic carbocycles. The number of hydrogen-bond donors (Lipinski definition) is 0. The first-order chi connectivity index (χ1) is 8.20. The molecule has 0 unspecified atom stereocenters. The molecule has 0 saturated heterocycles. The molecule has 2 nitrogen and oxygen atoms in total. The number of likely N-dealkylation sites (N-methyl/N-ethyl adjacent to an activating group) is 1. The molecule has 4 aliphatic rings. The molecule has 2 atom stereocenters. The summed E-state index contributed by atoms with van der Waals surface area (Å²) in [7, 11) is 1.96. The van der Waals surface area contributed by atoms with Crippen molar-refractivity contribution in [1.82, 2.24) is 4.90 Å². The minimum atomic E-state index is 0.0955. The molecule has 2 heteroatoms. The van der Waals surface area contributed by atoms with Crippen molar-refractivity contribution >= 4 is 5.91 Å². The van der Waals surface area contributed by atoms with E-state index < -0.39 is 0 Å². The second-order valence-corrected chi connectivity index (χ2v) is 5.70. The van der Waals surface area contributed by atoms with Crippen molar-refractivity contribution in [2.75, 3.05) is 7.05 Å². The zero-order valence-electron chi connectivity index (χ0n) is 10.8. The molecular weight excluding hydrogens is 210 g/mol. The van der Waals surface area contributed by atoms with Crippen molar-refractivity contribution < 1.29 is 4.79 Å². The van der Waals surface area contributed by atoms with E-state index in [-0.39, 0.29) is 12.0 Å². The third kappa shape index (κ3) is 1.57. The SMILES string of the molecule is CC1=C[C@H]2C3=C(CCCCCC3)[C@@H]1C(=O)N2C. The van der Waals surface area contributed by atoms with Crippen LogP contribution < -0.4 is 0 Å². The summed E-state index contributed by atoms with van der Waals surface area (Å²) in [6.07, 6.45) is 9.93. The number of hydrogen-bond acceptors (Lipinski definition) is 1. The van der Waals surface area contributed by atoms with Crippen molar-refractivity contribution in [2.45, 2.75) is 51.5 Å². The standard InChI is InChI=1S/C15H21NO/c1-10-9-13-11-7-5-3-4-6-8-12(11)14(10)15(17)16(13)2/h9,13-14H,3-8H2,1-2H3/t13-,14+/m0/s1. The maximum atomic E-state index is 12.3. The summed E-state index contributed by atoms with van der Waals surface area (Å²) in [6, 6.07) is 0.278. The lowest BCUT2D eigenvalue weighted by Gasteiger charge is -2.45. The van der Waals surface area contributed by atoms with Gasteiger partial charge >= 0.3 is 0 Å². The van der Waals surface area contributed by atoms with Gasteiger partial charge in [0.05, 0.1) is 12.0 Å². The van der Waals surface area contributed by atoms with Gasteiger partial charge in [0, 0.05) is 7.05 Å². The van der Waals surface area contributed by atoms with E-state index in [1.165, 1.54) is 43.3 Å². The first-order valence-electron chi connectivity index (χ1n) is 6.87. The summed E-state index contributed by atoms with van der Waals surface area (Å²) in [5.41, 5.74) is 4.35. The molecule has 0 spiro atoms. The number of amides is 1. The van der Waals surface area contributed by atoms with Crippen LogP contribution in [0.2, 0.25) is 0 Å². The van der Waals surface area contributed by atoms with Gasteiger partial charge in [-0.2, -0.15) is 0 Å². The summed E-state index contributed by atoms with van der Waals surface area (Å²) in [5.74, 6) is 0.424. The fourth-order valence-corrected chi connectivity index (χ4v) is 3.72. The largest absolute Gasteiger partial charge is 0.335 e. The number of nitrogens with zero attached hydrogens (tertiary/aromatic N) is 1. The lowest BCUT2D eigenvalue weighted by molar-refractivity contribution is -0.134. The summed E-state index contributed by atoms with van der Waals surface area (Å²) >= 11 is 0. The molecule has 2 bridgehead atoms. The van der Waals surface area contributed by atoms with Crippen LogP contribution >= 0.6 is 0 Å². The Labute approximate surface area is 103 Å². The predicted octanol–water partition coefficient (Wildman–Crippen LogP) is 3.05. The highest BCUT2D eigenvalue weighted by Crippen LogP contribution is 2.44. The van der Waals surface area contributed by atoms with Gasteiger partial charge in [-0.1, -0.05) is 30.1 Å². The molecule has 0 saturated carbocycles. The van der Waals surface area contributed by atoms with Crippen LogP contribution in [0, 0.1) is 5.92 Å². The molecule has 2 heterocycles. The first kappa shape index (κ1) is 11.1. The molecule has 2 aliphatic carbocycles. The highest BCUT2D eigenvalue weighted by atomic mass is 16.2. The summed E-state index contributed by atoms with van der Waals surface area (Å²) in [6.45, 7) is 2.13. The normalized spacial score (nSPS) is 33.2. The Hall–Kier alpha value is -1.05. The lowest BCUT2D eigenvalue weighted by Crippen LogP contribution is -2.50. The average Bonchev–Trinajstić information content (AvgIpc) is 2.26. The smallest absolute Gasteiger partial charge is 0.234 e. The van der Waals surface area contributed by atoms with E-state index in [2.05, 4.69) is 13.0 Å². The Morgan fingerprint density at radius 1 is 1.12 bits per heavy atom. The molecule has 2 aliphatic heterocycles. The molecule has 0 N–H and O–H groups in total. The van der Waals surface area contributed by atoms with Gasteiger partial charge in [0.2, 0.25) is 5.91 Å². The van der Waals surface area contributed by atoms with Crippen LogP contribution in [-0.4, -0.2) is 23.9 Å². The van der Waals surface area contributed by atoms with Gasteiger partial charge in [0.1, 0.15) is 0 Å². The molecule has 0 radical (unpaired) electrons. The molecular formula is C15H21NO. The maximum Gasteiger partial charge on any atom is 0.234 e. The van der Waals surface area contributed by atoms with Gasteiger partial charge in [-0.05, 0) is 38.2 Å². The van der Waals surface area contributed by atoms with E-state index in [1.54, 1.807) is 5.57 Å². The maximum absolute atomic E-state index is 12.3. The van der Waals surface area contributed by atoms with E-state index in [4.69, 9.17) is 0 Å². The van der Waals surface area contributed by atoms with Gasteiger partial charge in [0.25, 0.3) is 0 Å². The van der Waals surface area contributed by atoms with E-state index in [0.717, 1.165) is 6.42 Å². The highest BCUT2D eigenvalue weighted by molar-refractivity contribution is 5.89. The minimum Gasteiger partial charge on any atom is -0.335 e. The van der Waals surface area contributed by atoms with Gasteiger partial charge in [0.15, 0.2) is 0 Å². The Morgan fingerprint density at radius 3 is 2.47 bits per heavy atom. The van der Waals surface area contributed by atoms with Crippen LogP contribution in [0.1, 0.15) is 45.4 Å². The third-order valence-corrected chi connectivity index (χ3v) is 4.65. The van der Waals surface area contributed by atoms with Crippen LogP contribution in [0.15, 0.2) is 22.8 Å². The van der Waals surface area contributed by atoms with E-state index in [9.17, 15) is 4.79 Å². The average molecular weight is 231 g/mol. The molecule has 0 aromatic heterocycles. The molecule has 1 amide bonds. The lowest BCUT2D eigenvalue weighted by atomic mass is 9.71. The number of carbonyl (C=O) groups excluding carboxylic acids is 1. The monoisotopic (exact) mass is 231 g/mol. The van der Waals surface area contributed by atoms with Gasteiger partial charge in [-0.3, -0.25) is 4.79 Å². The second kappa shape index (κ2) is 4.01. The molecule has 0 aromatic rings. The number of rotatable bonds is 0. The topological polar surface area (TPSA) is 20.3 Å². The van der Waals surface area contributed by atoms with Gasteiger partial charge in [-0.25, -0.2) is 0 Å². The van der Waals surface area contributed by atoms with Crippen LogP contribution in [0.4, 0.5) is 0 Å². The Balaban J connectivity index is 2.05. The van der Waals surface area contributed by atoms with Gasteiger partial charge < -0.3 is 4.90 Å².